The van der Waals surface area contributed by atoms with E-state index in [1.807, 2.05) is 25.1 Å². The quantitative estimate of drug-likeness (QED) is 0.822. The smallest absolute Gasteiger partial charge is 0.396 e. The summed E-state index contributed by atoms with van der Waals surface area (Å²) in [5, 5.41) is 0. The highest BCUT2D eigenvalue weighted by atomic mass is 32.1. The Morgan fingerprint density at radius 2 is 2.36 bits per heavy atom. The van der Waals surface area contributed by atoms with Gasteiger partial charge in [0.15, 0.2) is 0 Å². The molecule has 1 unspecified atom stereocenters. The van der Waals surface area contributed by atoms with Gasteiger partial charge in [-0.2, -0.15) is 0 Å². The van der Waals surface area contributed by atoms with Gasteiger partial charge < -0.3 is 10.2 Å². The molecule has 0 aliphatic heterocycles. The molecule has 2 N–H and O–H groups in total. The van der Waals surface area contributed by atoms with Crippen molar-refractivity contribution in [3.63, 3.8) is 0 Å². The Morgan fingerprint density at radius 3 is 3.07 bits per heavy atom. The second-order valence-corrected chi connectivity index (χ2v) is 4.27. The minimum absolute atomic E-state index is 0.252. The van der Waals surface area contributed by atoms with Crippen LogP contribution in [0.2, 0.25) is 0 Å². The number of rotatable bonds is 2. The van der Waals surface area contributed by atoms with E-state index in [0.29, 0.717) is 18.0 Å². The van der Waals surface area contributed by atoms with Gasteiger partial charge in [-0.25, -0.2) is 4.79 Å². The van der Waals surface area contributed by atoms with Gasteiger partial charge in [0.2, 0.25) is 0 Å². The summed E-state index contributed by atoms with van der Waals surface area (Å²) in [4.78, 5) is 10.7. The molecule has 74 valence electrons. The molecular weight excluding hydrogens is 198 g/mol. The fraction of sp³-hybridized carbons (Fsp3) is 0.300. The molecule has 14 heavy (non-hydrogen) atoms. The molecule has 0 amide bonds. The summed E-state index contributed by atoms with van der Waals surface area (Å²) in [5.41, 5.74) is 7.34. The Hall–Kier alpha value is -1.13. The molecule has 0 bridgehead atoms. The van der Waals surface area contributed by atoms with E-state index in [1.54, 1.807) is 0 Å². The van der Waals surface area contributed by atoms with Crippen LogP contribution in [0.25, 0.3) is 10.3 Å². The largest absolute Gasteiger partial charge is 0.414 e. The van der Waals surface area contributed by atoms with Gasteiger partial charge in [-0.1, -0.05) is 24.3 Å². The first kappa shape index (κ1) is 9.43. The first-order valence-corrected chi connectivity index (χ1v) is 5.26. The van der Waals surface area contributed by atoms with Gasteiger partial charge >= 0.3 is 4.94 Å². The first-order valence-electron chi connectivity index (χ1n) is 4.44. The fourth-order valence-corrected chi connectivity index (χ4v) is 1.98. The van der Waals surface area contributed by atoms with Crippen LogP contribution in [0, 0.1) is 0 Å². The highest BCUT2D eigenvalue weighted by Gasteiger charge is 2.07. The minimum Gasteiger partial charge on any atom is -0.414 e. The van der Waals surface area contributed by atoms with E-state index in [2.05, 4.69) is 0 Å². The van der Waals surface area contributed by atoms with E-state index in [4.69, 9.17) is 10.2 Å². The normalized spacial score (nSPS) is 13.3. The van der Waals surface area contributed by atoms with Crippen molar-refractivity contribution in [1.82, 2.24) is 0 Å². The monoisotopic (exact) mass is 209 g/mol. The average molecular weight is 209 g/mol. The summed E-state index contributed by atoms with van der Waals surface area (Å²) in [6, 6.07) is 5.79. The predicted octanol–water partition coefficient (Wildman–Crippen LogP) is 1.92. The van der Waals surface area contributed by atoms with E-state index in [0.717, 1.165) is 21.6 Å². The third-order valence-corrected chi connectivity index (χ3v) is 3.08. The lowest BCUT2D eigenvalue weighted by atomic mass is 10.0. The summed E-state index contributed by atoms with van der Waals surface area (Å²) in [6.07, 6.45) is 0. The Morgan fingerprint density at radius 1 is 1.57 bits per heavy atom. The second-order valence-electron chi connectivity index (χ2n) is 3.30. The third kappa shape index (κ3) is 1.58. The summed E-state index contributed by atoms with van der Waals surface area (Å²) < 4.78 is 5.92. The van der Waals surface area contributed by atoms with Gasteiger partial charge in [0.05, 0.1) is 4.70 Å². The van der Waals surface area contributed by atoms with E-state index in [9.17, 15) is 4.79 Å². The van der Waals surface area contributed by atoms with Crippen molar-refractivity contribution in [1.29, 1.82) is 0 Å². The van der Waals surface area contributed by atoms with Crippen LogP contribution in [0.3, 0.4) is 0 Å². The number of hydrogen-bond acceptors (Lipinski definition) is 4. The Bertz CT molecular complexity index is 500. The summed E-state index contributed by atoms with van der Waals surface area (Å²) >= 11 is 1.13. The van der Waals surface area contributed by atoms with Crippen molar-refractivity contribution in [2.24, 2.45) is 5.73 Å². The molecule has 0 fully saturated rings. The lowest BCUT2D eigenvalue weighted by Crippen LogP contribution is -2.08. The van der Waals surface area contributed by atoms with Gasteiger partial charge in [0, 0.05) is 0 Å². The molecule has 3 nitrogen and oxygen atoms in total. The Balaban J connectivity index is 2.55. The number of benzene rings is 1. The molecule has 0 radical (unpaired) electrons. The van der Waals surface area contributed by atoms with Gasteiger partial charge in [0.25, 0.3) is 0 Å². The van der Waals surface area contributed by atoms with E-state index < -0.39 is 0 Å². The lowest BCUT2D eigenvalue weighted by Gasteiger charge is -2.07. The highest BCUT2D eigenvalue weighted by molar-refractivity contribution is 7.16. The van der Waals surface area contributed by atoms with Gasteiger partial charge in [0.1, 0.15) is 5.58 Å². The molecule has 1 heterocycles. The zero-order chi connectivity index (χ0) is 10.1. The second kappa shape index (κ2) is 3.55. The molecule has 2 rings (SSSR count). The minimum atomic E-state index is -0.252. The third-order valence-electron chi connectivity index (χ3n) is 2.28. The highest BCUT2D eigenvalue weighted by Crippen LogP contribution is 2.22. The molecule has 1 atom stereocenters. The van der Waals surface area contributed by atoms with Crippen LogP contribution >= 0.6 is 11.3 Å². The molecule has 0 aliphatic carbocycles. The molecule has 0 saturated carbocycles. The fourth-order valence-electron chi connectivity index (χ4n) is 1.33. The van der Waals surface area contributed by atoms with Crippen LogP contribution in [0.4, 0.5) is 0 Å². The maximum Gasteiger partial charge on any atom is 0.396 e. The van der Waals surface area contributed by atoms with Crippen molar-refractivity contribution in [3.8, 4) is 0 Å². The van der Waals surface area contributed by atoms with Crippen molar-refractivity contribution in [2.75, 3.05) is 6.54 Å². The SMILES string of the molecule is CC(CN)c1ccc2sc(=O)oc2c1. The molecular formula is C10H11NO2S. The van der Waals surface area contributed by atoms with Crippen LogP contribution in [0.1, 0.15) is 18.4 Å². The van der Waals surface area contributed by atoms with E-state index >= 15 is 0 Å². The molecule has 1 aromatic heterocycles. The Labute approximate surface area is 85.2 Å². The van der Waals surface area contributed by atoms with Crippen LogP contribution in [0.5, 0.6) is 0 Å². The summed E-state index contributed by atoms with van der Waals surface area (Å²) in [5.74, 6) is 0.296. The molecule has 0 saturated heterocycles. The van der Waals surface area contributed by atoms with Crippen LogP contribution in [0.15, 0.2) is 27.4 Å². The standard InChI is InChI=1S/C10H11NO2S/c1-6(5-11)7-2-3-9-8(4-7)13-10(12)14-9/h2-4,6H,5,11H2,1H3. The zero-order valence-electron chi connectivity index (χ0n) is 7.82. The predicted molar refractivity (Wildman–Crippen MR) is 57.8 cm³/mol. The maximum absolute atomic E-state index is 11.0. The number of hydrogen-bond donors (Lipinski definition) is 1. The molecule has 2 aromatic rings. The van der Waals surface area contributed by atoms with Crippen LogP contribution < -0.4 is 10.7 Å². The average Bonchev–Trinajstić information content (AvgIpc) is 2.55. The topological polar surface area (TPSA) is 56.2 Å². The molecule has 1 aromatic carbocycles. The molecule has 4 heteroatoms. The van der Waals surface area contributed by atoms with Gasteiger partial charge in [-0.3, -0.25) is 0 Å². The van der Waals surface area contributed by atoms with Crippen LogP contribution in [-0.2, 0) is 0 Å². The van der Waals surface area contributed by atoms with Gasteiger partial charge in [-0.15, -0.1) is 0 Å². The van der Waals surface area contributed by atoms with Crippen molar-refractivity contribution in [3.05, 3.63) is 33.5 Å². The van der Waals surface area contributed by atoms with Crippen LogP contribution in [-0.4, -0.2) is 6.54 Å². The maximum atomic E-state index is 11.0. The van der Waals surface area contributed by atoms with Crippen molar-refractivity contribution in [2.45, 2.75) is 12.8 Å². The summed E-state index contributed by atoms with van der Waals surface area (Å²) in [7, 11) is 0. The van der Waals surface area contributed by atoms with Crippen molar-refractivity contribution < 1.29 is 4.42 Å². The Kier molecular flexibility index (Phi) is 2.39. The zero-order valence-corrected chi connectivity index (χ0v) is 8.64. The number of fused-ring (bicyclic) bond motifs is 1. The molecule has 0 aliphatic rings. The lowest BCUT2D eigenvalue weighted by molar-refractivity contribution is 0.584. The van der Waals surface area contributed by atoms with Crippen molar-refractivity contribution >= 4 is 21.6 Å². The van der Waals surface area contributed by atoms with E-state index in [-0.39, 0.29) is 4.94 Å². The van der Waals surface area contributed by atoms with Gasteiger partial charge in [-0.05, 0) is 30.2 Å². The molecule has 0 spiro atoms. The van der Waals surface area contributed by atoms with E-state index in [1.165, 1.54) is 0 Å². The summed E-state index contributed by atoms with van der Waals surface area (Å²) in [6.45, 7) is 2.64. The number of nitrogens with two attached hydrogens (primary N) is 1. The first-order chi connectivity index (χ1) is 6.70.